The van der Waals surface area contributed by atoms with Crippen LogP contribution in [0.1, 0.15) is 54.4 Å². The standard InChI is InChI=1S/C15H26O5/c1-7-10(8-12(17)19-14(2,3)4)13-11(16)9-18-15(5,6)20-13/h10,13H,7-9H2,1-6H3/t10-,13+/m1/s1. The van der Waals surface area contributed by atoms with E-state index in [0.717, 1.165) is 0 Å². The van der Waals surface area contributed by atoms with E-state index in [4.69, 9.17) is 14.2 Å². The fraction of sp³-hybridized carbons (Fsp3) is 0.867. The van der Waals surface area contributed by atoms with Crippen LogP contribution in [0.25, 0.3) is 0 Å². The van der Waals surface area contributed by atoms with Gasteiger partial charge in [-0.15, -0.1) is 0 Å². The first-order valence-electron chi connectivity index (χ1n) is 7.10. The van der Waals surface area contributed by atoms with Gasteiger partial charge in [0.2, 0.25) is 0 Å². The predicted molar refractivity (Wildman–Crippen MR) is 74.2 cm³/mol. The molecular weight excluding hydrogens is 260 g/mol. The molecule has 0 aliphatic carbocycles. The number of ketones is 1. The zero-order valence-electron chi connectivity index (χ0n) is 13.3. The average molecular weight is 286 g/mol. The zero-order valence-corrected chi connectivity index (χ0v) is 13.3. The maximum Gasteiger partial charge on any atom is 0.306 e. The molecule has 0 saturated carbocycles. The quantitative estimate of drug-likeness (QED) is 0.743. The highest BCUT2D eigenvalue weighted by Gasteiger charge is 2.40. The van der Waals surface area contributed by atoms with Crippen LogP contribution >= 0.6 is 0 Å². The van der Waals surface area contributed by atoms with E-state index >= 15 is 0 Å². The van der Waals surface area contributed by atoms with E-state index in [9.17, 15) is 9.59 Å². The van der Waals surface area contributed by atoms with Crippen LogP contribution in [-0.4, -0.2) is 35.9 Å². The van der Waals surface area contributed by atoms with Crippen molar-refractivity contribution >= 4 is 11.8 Å². The molecule has 2 atom stereocenters. The second-order valence-electron chi connectivity index (χ2n) is 6.65. The Balaban J connectivity index is 2.69. The molecule has 0 unspecified atom stereocenters. The lowest BCUT2D eigenvalue weighted by molar-refractivity contribution is -0.266. The van der Waals surface area contributed by atoms with Gasteiger partial charge in [-0.1, -0.05) is 6.92 Å². The molecule has 0 aromatic heterocycles. The van der Waals surface area contributed by atoms with Crippen LogP contribution in [0, 0.1) is 5.92 Å². The molecule has 1 rings (SSSR count). The Hall–Kier alpha value is -0.940. The van der Waals surface area contributed by atoms with Gasteiger partial charge in [-0.25, -0.2) is 0 Å². The summed E-state index contributed by atoms with van der Waals surface area (Å²) in [5, 5.41) is 0. The minimum atomic E-state index is -0.792. The summed E-state index contributed by atoms with van der Waals surface area (Å²) >= 11 is 0. The maximum atomic E-state index is 11.9. The van der Waals surface area contributed by atoms with Crippen molar-refractivity contribution in [3.63, 3.8) is 0 Å². The van der Waals surface area contributed by atoms with Gasteiger partial charge in [0.25, 0.3) is 0 Å². The number of hydrogen-bond donors (Lipinski definition) is 0. The molecule has 5 heteroatoms. The van der Waals surface area contributed by atoms with Crippen molar-refractivity contribution in [1.82, 2.24) is 0 Å². The third kappa shape index (κ3) is 5.21. The Bertz CT molecular complexity index is 367. The summed E-state index contributed by atoms with van der Waals surface area (Å²) < 4.78 is 16.3. The molecule has 1 aliphatic rings. The molecule has 20 heavy (non-hydrogen) atoms. The molecule has 0 amide bonds. The zero-order chi connectivity index (χ0) is 15.6. The summed E-state index contributed by atoms with van der Waals surface area (Å²) in [6, 6.07) is 0. The van der Waals surface area contributed by atoms with Crippen LogP contribution in [0.5, 0.6) is 0 Å². The average Bonchev–Trinajstić information content (AvgIpc) is 2.27. The molecule has 5 nitrogen and oxygen atoms in total. The Morgan fingerprint density at radius 1 is 1.45 bits per heavy atom. The second-order valence-corrected chi connectivity index (χ2v) is 6.65. The van der Waals surface area contributed by atoms with E-state index in [1.54, 1.807) is 13.8 Å². The second kappa shape index (κ2) is 6.22. The van der Waals surface area contributed by atoms with Gasteiger partial charge in [-0.05, 0) is 41.0 Å². The number of rotatable bonds is 4. The number of esters is 1. The van der Waals surface area contributed by atoms with E-state index in [2.05, 4.69) is 0 Å². The van der Waals surface area contributed by atoms with Crippen LogP contribution in [0.3, 0.4) is 0 Å². The lowest BCUT2D eigenvalue weighted by Gasteiger charge is -2.38. The molecule has 0 spiro atoms. The minimum Gasteiger partial charge on any atom is -0.460 e. The van der Waals surface area contributed by atoms with Crippen LogP contribution < -0.4 is 0 Å². The van der Waals surface area contributed by atoms with E-state index in [0.29, 0.717) is 6.42 Å². The van der Waals surface area contributed by atoms with E-state index in [1.165, 1.54) is 0 Å². The topological polar surface area (TPSA) is 61.8 Å². The smallest absolute Gasteiger partial charge is 0.306 e. The van der Waals surface area contributed by atoms with Gasteiger partial charge in [0, 0.05) is 5.92 Å². The van der Waals surface area contributed by atoms with Crippen molar-refractivity contribution in [2.45, 2.75) is 71.9 Å². The molecule has 0 radical (unpaired) electrons. The summed E-state index contributed by atoms with van der Waals surface area (Å²) in [5.41, 5.74) is -0.519. The molecule has 1 saturated heterocycles. The Kier molecular flexibility index (Phi) is 5.33. The molecule has 0 aromatic rings. The summed E-state index contributed by atoms with van der Waals surface area (Å²) in [4.78, 5) is 23.9. The van der Waals surface area contributed by atoms with Crippen molar-refractivity contribution in [3.8, 4) is 0 Å². The molecule has 0 aromatic carbocycles. The molecule has 1 fully saturated rings. The van der Waals surface area contributed by atoms with Crippen LogP contribution in [0.4, 0.5) is 0 Å². The van der Waals surface area contributed by atoms with E-state index < -0.39 is 17.5 Å². The van der Waals surface area contributed by atoms with Gasteiger partial charge in [0.15, 0.2) is 11.6 Å². The third-order valence-electron chi connectivity index (χ3n) is 3.09. The van der Waals surface area contributed by atoms with Crippen molar-refractivity contribution in [2.75, 3.05) is 6.61 Å². The van der Waals surface area contributed by atoms with Gasteiger partial charge >= 0.3 is 5.97 Å². The molecule has 1 aliphatic heterocycles. The van der Waals surface area contributed by atoms with Gasteiger partial charge in [0.05, 0.1) is 6.42 Å². The van der Waals surface area contributed by atoms with E-state index in [-0.39, 0.29) is 30.7 Å². The molecule has 0 bridgehead atoms. The SMILES string of the molecule is CC[C@H](CC(=O)OC(C)(C)C)[C@@H]1OC(C)(C)OCC1=O. The Labute approximate surface area is 121 Å². The Morgan fingerprint density at radius 3 is 2.55 bits per heavy atom. The number of hydrogen-bond acceptors (Lipinski definition) is 5. The first-order valence-corrected chi connectivity index (χ1v) is 7.10. The molecule has 1 heterocycles. The highest BCUT2D eigenvalue weighted by atomic mass is 16.7. The highest BCUT2D eigenvalue weighted by Crippen LogP contribution is 2.28. The largest absolute Gasteiger partial charge is 0.460 e. The monoisotopic (exact) mass is 286 g/mol. The Morgan fingerprint density at radius 2 is 2.05 bits per heavy atom. The highest BCUT2D eigenvalue weighted by molar-refractivity contribution is 5.85. The van der Waals surface area contributed by atoms with Gasteiger partial charge in [-0.3, -0.25) is 9.59 Å². The summed E-state index contributed by atoms with van der Waals surface area (Å²) in [6.07, 6.45) is 0.252. The fourth-order valence-corrected chi connectivity index (χ4v) is 2.15. The van der Waals surface area contributed by atoms with Crippen LogP contribution in [-0.2, 0) is 23.8 Å². The van der Waals surface area contributed by atoms with Crippen molar-refractivity contribution in [1.29, 1.82) is 0 Å². The van der Waals surface area contributed by atoms with Gasteiger partial charge < -0.3 is 14.2 Å². The van der Waals surface area contributed by atoms with E-state index in [1.807, 2.05) is 27.7 Å². The molecule has 0 N–H and O–H groups in total. The van der Waals surface area contributed by atoms with Gasteiger partial charge in [0.1, 0.15) is 18.3 Å². The normalized spacial score (nSPS) is 24.3. The lowest BCUT2D eigenvalue weighted by Crippen LogP contribution is -2.49. The first kappa shape index (κ1) is 17.1. The van der Waals surface area contributed by atoms with Gasteiger partial charge in [-0.2, -0.15) is 0 Å². The van der Waals surface area contributed by atoms with Crippen LogP contribution in [0.2, 0.25) is 0 Å². The first-order chi connectivity index (χ1) is 9.04. The number of carbonyl (C=O) groups is 2. The summed E-state index contributed by atoms with van der Waals surface area (Å²) in [6.45, 7) is 11.0. The van der Waals surface area contributed by atoms with Crippen molar-refractivity contribution in [2.24, 2.45) is 5.92 Å². The van der Waals surface area contributed by atoms with Crippen molar-refractivity contribution in [3.05, 3.63) is 0 Å². The number of Topliss-reactive ketones (excluding diaryl/α,β-unsaturated/α-hetero) is 1. The molecular formula is C15H26O5. The van der Waals surface area contributed by atoms with Crippen molar-refractivity contribution < 1.29 is 23.8 Å². The predicted octanol–water partition coefficient (Wildman–Crippen LogP) is 2.47. The third-order valence-corrected chi connectivity index (χ3v) is 3.09. The fourth-order valence-electron chi connectivity index (χ4n) is 2.15. The van der Waals surface area contributed by atoms with Crippen LogP contribution in [0.15, 0.2) is 0 Å². The summed E-state index contributed by atoms with van der Waals surface area (Å²) in [7, 11) is 0. The lowest BCUT2D eigenvalue weighted by atomic mass is 9.92. The maximum absolute atomic E-state index is 11.9. The number of ether oxygens (including phenoxy) is 3. The summed E-state index contributed by atoms with van der Waals surface area (Å²) in [5.74, 6) is -1.38. The minimum absolute atomic E-state index is 0.0302. The molecule has 116 valence electrons. The number of carbonyl (C=O) groups excluding carboxylic acids is 2.